The van der Waals surface area contributed by atoms with Gasteiger partial charge in [-0.05, 0) is 85.3 Å². The minimum absolute atomic E-state index is 0. The van der Waals surface area contributed by atoms with Crippen LogP contribution in [0.2, 0.25) is 15.2 Å². The maximum Gasteiger partial charge on any atom is 0.264 e. The second kappa shape index (κ2) is 20.6. The number of fused-ring (bicyclic) bond motifs is 2. The van der Waals surface area contributed by atoms with E-state index >= 15 is 0 Å². The average molecular weight is 922 g/mol. The van der Waals surface area contributed by atoms with Crippen LogP contribution in [0.1, 0.15) is 44.7 Å². The van der Waals surface area contributed by atoms with Crippen molar-refractivity contribution in [3.8, 4) is 11.4 Å². The second-order valence-corrected chi connectivity index (χ2v) is 14.7. The number of hydrogen-bond donors (Lipinski definition) is 4. The highest BCUT2D eigenvalue weighted by atomic mass is 35.5. The number of aromatic nitrogens is 6. The van der Waals surface area contributed by atoms with Gasteiger partial charge in [-0.1, -0.05) is 78.6 Å². The van der Waals surface area contributed by atoms with Crippen molar-refractivity contribution in [2.45, 2.75) is 33.4 Å². The van der Waals surface area contributed by atoms with E-state index in [0.717, 1.165) is 5.39 Å². The highest BCUT2D eigenvalue weighted by Gasteiger charge is 2.20. The quantitative estimate of drug-likeness (QED) is 0.0921. The zero-order valence-electron chi connectivity index (χ0n) is 33.1. The normalized spacial score (nSPS) is 11.4. The van der Waals surface area contributed by atoms with Gasteiger partial charge in [-0.15, -0.1) is 0 Å². The summed E-state index contributed by atoms with van der Waals surface area (Å²) in [4.78, 5) is 47.9. The van der Waals surface area contributed by atoms with Gasteiger partial charge in [0.05, 0.1) is 51.4 Å². The number of rotatable bonds is 6. The standard InChI is InChI=1S/C22H16ClFN6O.C17H14ClFN2O.C5H3ClN4.CH4/c1-12(28-20-17(26-2)11-27-22(25)29-20)18-9-13-5-3-8-16(23)19(13)21(31)30(18)15-7-4-6-14(24)10-15;1-10(20)15-8-11-4-2-7-14(18)16(11)17(22)21(15)13-6-3-5-12(19)9-13;1-8-3-2-9-5(7)10-4(3)6;/h3-12H,1H3,(H3,25,27,28,29);2-10H,20H2,1H3;2H,(H2,7,9,10);1H4/t12-;10-;;/m00../s1. The van der Waals surface area contributed by atoms with Gasteiger partial charge < -0.3 is 22.5 Å². The van der Waals surface area contributed by atoms with E-state index in [1.165, 1.54) is 51.9 Å². The summed E-state index contributed by atoms with van der Waals surface area (Å²) in [5.41, 5.74) is 18.5. The molecule has 0 aliphatic carbocycles. The lowest BCUT2D eigenvalue weighted by Crippen LogP contribution is -2.26. The molecule has 19 heteroatoms. The summed E-state index contributed by atoms with van der Waals surface area (Å²) < 4.78 is 30.3. The van der Waals surface area contributed by atoms with Crippen molar-refractivity contribution in [1.29, 1.82) is 0 Å². The van der Waals surface area contributed by atoms with E-state index in [2.05, 4.69) is 34.9 Å². The van der Waals surface area contributed by atoms with Crippen molar-refractivity contribution in [1.82, 2.24) is 29.1 Å². The molecule has 0 radical (unpaired) electrons. The number of halogens is 5. The van der Waals surface area contributed by atoms with Crippen LogP contribution < -0.4 is 33.6 Å². The summed E-state index contributed by atoms with van der Waals surface area (Å²) >= 11 is 18.0. The number of nitrogens with one attached hydrogen (secondary N) is 1. The van der Waals surface area contributed by atoms with E-state index in [0.29, 0.717) is 49.0 Å². The van der Waals surface area contributed by atoms with Crippen LogP contribution in [0.5, 0.6) is 0 Å². The third-order valence-corrected chi connectivity index (χ3v) is 10.1. The smallest absolute Gasteiger partial charge is 0.264 e. The Bertz CT molecular complexity index is 3240. The van der Waals surface area contributed by atoms with Crippen LogP contribution in [0.25, 0.3) is 42.6 Å². The molecule has 7 N–H and O–H groups in total. The van der Waals surface area contributed by atoms with Crippen molar-refractivity contribution in [2.24, 2.45) is 5.73 Å². The van der Waals surface area contributed by atoms with E-state index in [1.807, 2.05) is 12.1 Å². The van der Waals surface area contributed by atoms with Gasteiger partial charge in [0.1, 0.15) is 22.6 Å². The van der Waals surface area contributed by atoms with Crippen molar-refractivity contribution in [3.05, 3.63) is 191 Å². The highest BCUT2D eigenvalue weighted by Crippen LogP contribution is 2.31. The minimum Gasteiger partial charge on any atom is -0.371 e. The summed E-state index contributed by atoms with van der Waals surface area (Å²) in [7, 11) is 0. The molecule has 0 saturated carbocycles. The fourth-order valence-electron chi connectivity index (χ4n) is 6.39. The van der Waals surface area contributed by atoms with Crippen molar-refractivity contribution in [3.63, 3.8) is 0 Å². The number of benzene rings is 4. The number of nitrogens with zero attached hydrogens (tertiary/aromatic N) is 8. The summed E-state index contributed by atoms with van der Waals surface area (Å²) in [5.74, 6) is -0.569. The Labute approximate surface area is 380 Å². The molecule has 4 heterocycles. The number of nitrogens with two attached hydrogens (primary N) is 3. The van der Waals surface area contributed by atoms with Gasteiger partial charge in [0.2, 0.25) is 23.3 Å². The first kappa shape index (κ1) is 47.6. The Morgan fingerprint density at radius 3 is 1.59 bits per heavy atom. The van der Waals surface area contributed by atoms with E-state index < -0.39 is 17.7 Å². The predicted molar refractivity (Wildman–Crippen MR) is 251 cm³/mol. The molecule has 324 valence electrons. The van der Waals surface area contributed by atoms with Crippen LogP contribution in [0.3, 0.4) is 0 Å². The van der Waals surface area contributed by atoms with Crippen LogP contribution >= 0.6 is 34.8 Å². The van der Waals surface area contributed by atoms with E-state index in [9.17, 15) is 18.4 Å². The summed E-state index contributed by atoms with van der Waals surface area (Å²) in [6.45, 7) is 17.5. The van der Waals surface area contributed by atoms with Crippen LogP contribution in [0.15, 0.2) is 119 Å². The van der Waals surface area contributed by atoms with Gasteiger partial charge in [0, 0.05) is 29.8 Å². The molecule has 0 amide bonds. The highest BCUT2D eigenvalue weighted by molar-refractivity contribution is 6.36. The molecular weight excluding hydrogens is 885 g/mol. The zero-order valence-corrected chi connectivity index (χ0v) is 35.3. The molecular formula is C45H37Cl3F2N12O2. The first-order valence-electron chi connectivity index (χ1n) is 18.5. The Kier molecular flexibility index (Phi) is 15.3. The number of pyridine rings is 2. The number of nitrogen functional groups attached to an aromatic ring is 2. The van der Waals surface area contributed by atoms with Crippen LogP contribution in [0.4, 0.5) is 37.9 Å². The van der Waals surface area contributed by atoms with Gasteiger partial charge in [-0.3, -0.25) is 18.7 Å². The topological polar surface area (TPSA) is 194 Å². The van der Waals surface area contributed by atoms with Gasteiger partial charge in [0.25, 0.3) is 11.1 Å². The summed E-state index contributed by atoms with van der Waals surface area (Å²) in [6, 6.07) is 24.7. The fraction of sp³-hybridized carbons (Fsp3) is 0.111. The summed E-state index contributed by atoms with van der Waals surface area (Å²) in [5, 5.41) is 5.98. The first-order chi connectivity index (χ1) is 30.1. The molecule has 14 nitrogen and oxygen atoms in total. The minimum atomic E-state index is -0.505. The molecule has 0 unspecified atom stereocenters. The molecule has 0 aliphatic rings. The largest absolute Gasteiger partial charge is 0.371 e. The monoisotopic (exact) mass is 920 g/mol. The zero-order chi connectivity index (χ0) is 45.5. The van der Waals surface area contributed by atoms with Gasteiger partial charge in [-0.2, -0.15) is 0 Å². The lowest BCUT2D eigenvalue weighted by Gasteiger charge is -2.22. The lowest BCUT2D eigenvalue weighted by molar-refractivity contribution is 0.624. The van der Waals surface area contributed by atoms with Crippen LogP contribution in [0, 0.1) is 24.8 Å². The van der Waals surface area contributed by atoms with Gasteiger partial charge >= 0.3 is 0 Å². The Morgan fingerprint density at radius 2 is 1.12 bits per heavy atom. The third-order valence-electron chi connectivity index (χ3n) is 9.22. The van der Waals surface area contributed by atoms with E-state index in [4.69, 9.17) is 65.1 Å². The SMILES string of the molecule is C.C[C@H](N)c1cc2cccc(Cl)c2c(=O)n1-c1cccc(F)c1.[C-]#[N+]c1cnc(N)nc1Cl.[C-]#[N+]c1cnc(N)nc1N[C@@H](C)c1cc2cccc(Cl)c2c(=O)n1-c1cccc(F)c1. The maximum absolute atomic E-state index is 14.0. The van der Waals surface area contributed by atoms with Crippen LogP contribution in [-0.4, -0.2) is 29.1 Å². The fourth-order valence-corrected chi connectivity index (χ4v) is 7.10. The third kappa shape index (κ3) is 10.4. The number of hydrogen-bond acceptors (Lipinski definition) is 10. The van der Waals surface area contributed by atoms with Gasteiger partial charge in [0.15, 0.2) is 0 Å². The molecule has 8 aromatic rings. The molecule has 0 fully saturated rings. The first-order valence-corrected chi connectivity index (χ1v) is 19.6. The molecule has 0 saturated heterocycles. The average Bonchev–Trinajstić information content (AvgIpc) is 3.24. The van der Waals surface area contributed by atoms with Crippen molar-refractivity contribution >= 4 is 85.4 Å². The number of anilines is 3. The van der Waals surface area contributed by atoms with Crippen molar-refractivity contribution < 1.29 is 8.78 Å². The molecule has 2 atom stereocenters. The van der Waals surface area contributed by atoms with Gasteiger partial charge in [-0.25, -0.2) is 38.4 Å². The molecule has 0 spiro atoms. The lowest BCUT2D eigenvalue weighted by atomic mass is 10.1. The summed E-state index contributed by atoms with van der Waals surface area (Å²) in [6.07, 6.45) is 2.61. The molecule has 0 aliphatic heterocycles. The Hall–Kier alpha value is -7.47. The molecule has 64 heavy (non-hydrogen) atoms. The van der Waals surface area contributed by atoms with Crippen molar-refractivity contribution in [2.75, 3.05) is 16.8 Å². The Morgan fingerprint density at radius 1 is 0.672 bits per heavy atom. The van der Waals surface area contributed by atoms with E-state index in [1.54, 1.807) is 68.4 Å². The predicted octanol–water partition coefficient (Wildman–Crippen LogP) is 10.6. The maximum atomic E-state index is 14.0. The molecule has 8 rings (SSSR count). The molecule has 0 bridgehead atoms. The molecule has 4 aromatic carbocycles. The van der Waals surface area contributed by atoms with E-state index in [-0.39, 0.29) is 58.8 Å². The Balaban J connectivity index is 0.000000203. The second-order valence-electron chi connectivity index (χ2n) is 13.5. The molecule has 4 aromatic heterocycles. The van der Waals surface area contributed by atoms with Crippen LogP contribution in [-0.2, 0) is 0 Å².